The molecule has 2 aromatic carbocycles. The maximum Gasteiger partial charge on any atom is 0.255 e. The number of ether oxygens (including phenoxy) is 1. The molecule has 0 spiro atoms. The number of benzene rings is 2. The van der Waals surface area contributed by atoms with Crippen molar-refractivity contribution in [2.45, 2.75) is 64.8 Å². The molecule has 0 radical (unpaired) electrons. The number of nitrogens with zero attached hydrogens (tertiary/aromatic N) is 2. The Labute approximate surface area is 198 Å². The number of amides is 1. The second-order valence-corrected chi connectivity index (χ2v) is 9.42. The van der Waals surface area contributed by atoms with Crippen LogP contribution in [0.5, 0.6) is 5.75 Å². The predicted molar refractivity (Wildman–Crippen MR) is 134 cm³/mol. The molecule has 1 unspecified atom stereocenters. The molecule has 33 heavy (non-hydrogen) atoms. The molecule has 0 aliphatic heterocycles. The Balaban J connectivity index is 0.00000149. The molecule has 176 valence electrons. The van der Waals surface area contributed by atoms with E-state index in [0.29, 0.717) is 17.9 Å². The molecule has 1 heterocycles. The fourth-order valence-corrected chi connectivity index (χ4v) is 4.43. The first kappa shape index (κ1) is 24.6. The number of para-hydroxylation sites is 1. The molecule has 3 aromatic rings. The number of carbonyl (C=O) groups excluding carboxylic acids is 1. The number of rotatable bonds is 5. The Kier molecular flexibility index (Phi) is 7.62. The third kappa shape index (κ3) is 5.29. The summed E-state index contributed by atoms with van der Waals surface area (Å²) in [6.07, 6.45) is 4.89. The van der Waals surface area contributed by atoms with Crippen molar-refractivity contribution >= 4 is 5.91 Å². The van der Waals surface area contributed by atoms with Crippen LogP contribution in [0.3, 0.4) is 0 Å². The monoisotopic (exact) mass is 447 g/mol. The third-order valence-corrected chi connectivity index (χ3v) is 6.26. The number of methoxy groups -OCH3 is 1. The minimum absolute atomic E-state index is 0.0508. The van der Waals surface area contributed by atoms with Crippen molar-refractivity contribution < 1.29 is 9.53 Å². The van der Waals surface area contributed by atoms with E-state index >= 15 is 0 Å². The number of hydrogen-bond acceptors (Lipinski definition) is 3. The summed E-state index contributed by atoms with van der Waals surface area (Å²) in [6, 6.07) is 17.9. The van der Waals surface area contributed by atoms with Crippen molar-refractivity contribution in [2.24, 2.45) is 0 Å². The fourth-order valence-electron chi connectivity index (χ4n) is 4.43. The van der Waals surface area contributed by atoms with Crippen LogP contribution >= 0.6 is 0 Å². The Morgan fingerprint density at radius 2 is 1.76 bits per heavy atom. The van der Waals surface area contributed by atoms with Crippen LogP contribution in [0.2, 0.25) is 0 Å². The van der Waals surface area contributed by atoms with Crippen LogP contribution in [-0.2, 0) is 23.8 Å². The average Bonchev–Trinajstić information content (AvgIpc) is 3.28. The standard InChI is InChI=1S/C26H31N3O2.C2H6/c1-25(2,3)29-17-19-16-26(15-14-22(19)28-29,20-10-6-5-7-11-20)18-27-24(30)21-12-8-9-13-23(21)31-4;1-2/h5-13,17H,14-16,18H2,1-4H3,(H,27,30);1-2H3. The molecule has 1 aliphatic rings. The summed E-state index contributed by atoms with van der Waals surface area (Å²) in [4.78, 5) is 13.0. The summed E-state index contributed by atoms with van der Waals surface area (Å²) in [5.41, 5.74) is 4.05. The van der Waals surface area contributed by atoms with E-state index in [9.17, 15) is 4.79 Å². The minimum Gasteiger partial charge on any atom is -0.496 e. The molecule has 0 fully saturated rings. The topological polar surface area (TPSA) is 56.1 Å². The molecule has 1 aromatic heterocycles. The van der Waals surface area contributed by atoms with E-state index in [4.69, 9.17) is 9.84 Å². The van der Waals surface area contributed by atoms with Crippen LogP contribution < -0.4 is 10.1 Å². The molecule has 4 rings (SSSR count). The van der Waals surface area contributed by atoms with Gasteiger partial charge in [-0.05, 0) is 63.3 Å². The zero-order chi connectivity index (χ0) is 24.1. The number of nitrogens with one attached hydrogen (secondary N) is 1. The fraction of sp³-hybridized carbons (Fsp3) is 0.429. The maximum absolute atomic E-state index is 13.0. The summed E-state index contributed by atoms with van der Waals surface area (Å²) < 4.78 is 7.45. The van der Waals surface area contributed by atoms with Crippen LogP contribution in [0, 0.1) is 0 Å². The van der Waals surface area contributed by atoms with Crippen molar-refractivity contribution in [1.29, 1.82) is 0 Å². The van der Waals surface area contributed by atoms with Gasteiger partial charge < -0.3 is 10.1 Å². The Morgan fingerprint density at radius 3 is 2.42 bits per heavy atom. The lowest BCUT2D eigenvalue weighted by Crippen LogP contribution is -2.44. The van der Waals surface area contributed by atoms with Gasteiger partial charge in [-0.3, -0.25) is 9.48 Å². The summed E-state index contributed by atoms with van der Waals surface area (Å²) in [5.74, 6) is 0.482. The van der Waals surface area contributed by atoms with Gasteiger partial charge in [0.15, 0.2) is 0 Å². The van der Waals surface area contributed by atoms with Crippen LogP contribution in [-0.4, -0.2) is 29.3 Å². The SMILES string of the molecule is CC.COc1ccccc1C(=O)NCC1(c2ccccc2)CCc2nn(C(C)(C)C)cc2C1. The van der Waals surface area contributed by atoms with Crippen LogP contribution in [0.4, 0.5) is 0 Å². The minimum atomic E-state index is -0.169. The number of hydrogen-bond donors (Lipinski definition) is 1. The number of aryl methyl sites for hydroxylation is 1. The number of aromatic nitrogens is 2. The van der Waals surface area contributed by atoms with E-state index < -0.39 is 0 Å². The van der Waals surface area contributed by atoms with Gasteiger partial charge in [0, 0.05) is 18.2 Å². The van der Waals surface area contributed by atoms with E-state index in [-0.39, 0.29) is 16.9 Å². The van der Waals surface area contributed by atoms with Crippen molar-refractivity contribution in [3.05, 3.63) is 83.2 Å². The molecular formula is C28H37N3O2. The third-order valence-electron chi connectivity index (χ3n) is 6.26. The quantitative estimate of drug-likeness (QED) is 0.559. The Morgan fingerprint density at radius 1 is 1.09 bits per heavy atom. The van der Waals surface area contributed by atoms with Gasteiger partial charge in [0.2, 0.25) is 0 Å². The molecule has 0 saturated carbocycles. The molecule has 5 nitrogen and oxygen atoms in total. The van der Waals surface area contributed by atoms with Gasteiger partial charge in [-0.15, -0.1) is 0 Å². The average molecular weight is 448 g/mol. The van der Waals surface area contributed by atoms with Crippen molar-refractivity contribution in [3.63, 3.8) is 0 Å². The number of carbonyl (C=O) groups is 1. The largest absolute Gasteiger partial charge is 0.496 e. The molecule has 1 amide bonds. The zero-order valence-electron chi connectivity index (χ0n) is 20.8. The van der Waals surface area contributed by atoms with E-state index in [1.807, 2.05) is 38.1 Å². The van der Waals surface area contributed by atoms with Crippen molar-refractivity contribution in [3.8, 4) is 5.75 Å². The smallest absolute Gasteiger partial charge is 0.255 e. The van der Waals surface area contributed by atoms with E-state index in [1.165, 1.54) is 16.8 Å². The van der Waals surface area contributed by atoms with Gasteiger partial charge in [0.1, 0.15) is 5.75 Å². The lowest BCUT2D eigenvalue weighted by Gasteiger charge is -2.37. The molecule has 0 bridgehead atoms. The summed E-state index contributed by atoms with van der Waals surface area (Å²) in [6.45, 7) is 11.1. The normalized spacial score (nSPS) is 17.4. The van der Waals surface area contributed by atoms with Gasteiger partial charge in [0.25, 0.3) is 5.91 Å². The first-order valence-electron chi connectivity index (χ1n) is 11.9. The van der Waals surface area contributed by atoms with Gasteiger partial charge in [-0.25, -0.2) is 0 Å². The lowest BCUT2D eigenvalue weighted by atomic mass is 9.68. The lowest BCUT2D eigenvalue weighted by molar-refractivity contribution is 0.0937. The van der Waals surface area contributed by atoms with E-state index in [2.05, 4.69) is 61.2 Å². The summed E-state index contributed by atoms with van der Waals surface area (Å²) in [5, 5.41) is 8.06. The van der Waals surface area contributed by atoms with Crippen molar-refractivity contribution in [1.82, 2.24) is 15.1 Å². The molecule has 1 aliphatic carbocycles. The summed E-state index contributed by atoms with van der Waals surface area (Å²) >= 11 is 0. The molecule has 5 heteroatoms. The molecule has 1 atom stereocenters. The van der Waals surface area contributed by atoms with Gasteiger partial charge in [-0.2, -0.15) is 5.10 Å². The molecular weight excluding hydrogens is 410 g/mol. The first-order chi connectivity index (χ1) is 15.8. The highest BCUT2D eigenvalue weighted by Gasteiger charge is 2.38. The van der Waals surface area contributed by atoms with Crippen LogP contribution in [0.25, 0.3) is 0 Å². The predicted octanol–water partition coefficient (Wildman–Crippen LogP) is 5.53. The van der Waals surface area contributed by atoms with Crippen molar-refractivity contribution in [2.75, 3.05) is 13.7 Å². The highest BCUT2D eigenvalue weighted by molar-refractivity contribution is 5.97. The molecule has 0 saturated heterocycles. The van der Waals surface area contributed by atoms with Gasteiger partial charge in [-0.1, -0.05) is 56.3 Å². The zero-order valence-corrected chi connectivity index (χ0v) is 20.8. The Bertz CT molecular complexity index is 1070. The highest BCUT2D eigenvalue weighted by Crippen LogP contribution is 2.38. The first-order valence-corrected chi connectivity index (χ1v) is 11.9. The van der Waals surface area contributed by atoms with E-state index in [1.54, 1.807) is 13.2 Å². The van der Waals surface area contributed by atoms with Gasteiger partial charge in [0.05, 0.1) is 23.9 Å². The van der Waals surface area contributed by atoms with Crippen LogP contribution in [0.15, 0.2) is 60.8 Å². The second kappa shape index (κ2) is 10.2. The summed E-state index contributed by atoms with van der Waals surface area (Å²) in [7, 11) is 1.59. The maximum atomic E-state index is 13.0. The Hall–Kier alpha value is -3.08. The highest BCUT2D eigenvalue weighted by atomic mass is 16.5. The van der Waals surface area contributed by atoms with Crippen LogP contribution in [0.1, 0.15) is 68.2 Å². The second-order valence-electron chi connectivity index (χ2n) is 9.42. The van der Waals surface area contributed by atoms with E-state index in [0.717, 1.165) is 19.3 Å². The molecule has 1 N–H and O–H groups in total. The van der Waals surface area contributed by atoms with Gasteiger partial charge >= 0.3 is 0 Å². The number of fused-ring (bicyclic) bond motifs is 1.